The average Bonchev–Trinajstić information content (AvgIpc) is 3.36. The largest absolute Gasteiger partial charge is 0.339 e. The zero-order valence-electron chi connectivity index (χ0n) is 17.4. The third-order valence-electron chi connectivity index (χ3n) is 5.38. The number of pyridine rings is 1. The van der Waals surface area contributed by atoms with E-state index in [0.717, 1.165) is 28.5 Å². The lowest BCUT2D eigenvalue weighted by Gasteiger charge is -2.09. The predicted molar refractivity (Wildman–Crippen MR) is 122 cm³/mol. The van der Waals surface area contributed by atoms with Crippen LogP contribution in [-0.4, -0.2) is 34.2 Å². The first-order valence-corrected chi connectivity index (χ1v) is 11.8. The number of aromatic amines is 1. The minimum atomic E-state index is -3.60. The number of benzene rings is 2. The third kappa shape index (κ3) is 3.38. The minimum Gasteiger partial charge on any atom is -0.339 e. The summed E-state index contributed by atoms with van der Waals surface area (Å²) >= 11 is 0. The second-order valence-corrected chi connectivity index (χ2v) is 9.51. The summed E-state index contributed by atoms with van der Waals surface area (Å²) in [5.41, 5.74) is 5.05. The maximum absolute atomic E-state index is 13.5. The van der Waals surface area contributed by atoms with Gasteiger partial charge in [-0.2, -0.15) is 0 Å². The molecule has 5 aromatic rings. The maximum Gasteiger partial charge on any atom is 0.228 e. The fraction of sp³-hybridized carbons (Fsp3) is 0.0833. The molecule has 0 radical (unpaired) electrons. The summed E-state index contributed by atoms with van der Waals surface area (Å²) in [4.78, 5) is 12.2. The fourth-order valence-corrected chi connectivity index (χ4v) is 4.78. The SMILES string of the molecule is Cn1c(S(C)(=O)=O)nc(-c2ccc(F)cc2)c1-c1ccnc2[nH]c(-c3ccccc3)cc12. The van der Waals surface area contributed by atoms with Gasteiger partial charge >= 0.3 is 0 Å². The molecule has 0 atom stereocenters. The highest BCUT2D eigenvalue weighted by molar-refractivity contribution is 7.90. The van der Waals surface area contributed by atoms with Crippen molar-refractivity contribution in [2.45, 2.75) is 5.16 Å². The highest BCUT2D eigenvalue weighted by Crippen LogP contribution is 2.38. The summed E-state index contributed by atoms with van der Waals surface area (Å²) in [6.07, 6.45) is 2.80. The van der Waals surface area contributed by atoms with Gasteiger partial charge in [0.05, 0.1) is 11.4 Å². The Morgan fingerprint density at radius 1 is 0.969 bits per heavy atom. The molecule has 0 aliphatic carbocycles. The van der Waals surface area contributed by atoms with E-state index in [9.17, 15) is 12.8 Å². The molecule has 6 nitrogen and oxygen atoms in total. The zero-order chi connectivity index (χ0) is 22.5. The Bertz CT molecular complexity index is 1550. The molecule has 0 aliphatic rings. The van der Waals surface area contributed by atoms with Gasteiger partial charge < -0.3 is 9.55 Å². The second kappa shape index (κ2) is 7.42. The van der Waals surface area contributed by atoms with Crippen molar-refractivity contribution < 1.29 is 12.8 Å². The monoisotopic (exact) mass is 446 g/mol. The number of hydrogen-bond donors (Lipinski definition) is 1. The predicted octanol–water partition coefficient (Wildman–Crippen LogP) is 4.84. The number of imidazole rings is 1. The van der Waals surface area contributed by atoms with E-state index >= 15 is 0 Å². The molecule has 0 saturated heterocycles. The molecule has 32 heavy (non-hydrogen) atoms. The van der Waals surface area contributed by atoms with E-state index in [0.29, 0.717) is 22.6 Å². The Hall–Kier alpha value is -3.78. The Morgan fingerprint density at radius 2 is 1.69 bits per heavy atom. The van der Waals surface area contributed by atoms with Gasteiger partial charge in [-0.3, -0.25) is 0 Å². The smallest absolute Gasteiger partial charge is 0.228 e. The number of sulfone groups is 1. The highest BCUT2D eigenvalue weighted by Gasteiger charge is 2.25. The molecule has 0 spiro atoms. The van der Waals surface area contributed by atoms with Crippen LogP contribution in [0.4, 0.5) is 4.39 Å². The van der Waals surface area contributed by atoms with E-state index in [4.69, 9.17) is 0 Å². The second-order valence-electron chi connectivity index (χ2n) is 7.60. The quantitative estimate of drug-likeness (QED) is 0.428. The fourth-order valence-electron chi connectivity index (χ4n) is 3.93. The molecule has 2 aromatic carbocycles. The number of H-pyrrole nitrogens is 1. The van der Waals surface area contributed by atoms with Crippen LogP contribution in [-0.2, 0) is 16.9 Å². The van der Waals surface area contributed by atoms with Gasteiger partial charge in [-0.15, -0.1) is 0 Å². The van der Waals surface area contributed by atoms with Gasteiger partial charge in [0, 0.05) is 41.7 Å². The lowest BCUT2D eigenvalue weighted by molar-refractivity contribution is 0.585. The number of rotatable bonds is 4. The Balaban J connectivity index is 1.80. The Labute approximate surface area is 184 Å². The molecule has 8 heteroatoms. The van der Waals surface area contributed by atoms with Gasteiger partial charge in [-0.25, -0.2) is 22.8 Å². The molecule has 3 aromatic heterocycles. The average molecular weight is 447 g/mol. The van der Waals surface area contributed by atoms with Crippen LogP contribution in [0.1, 0.15) is 0 Å². The molecule has 3 heterocycles. The topological polar surface area (TPSA) is 80.6 Å². The summed E-state index contributed by atoms with van der Waals surface area (Å²) in [6, 6.07) is 19.6. The van der Waals surface area contributed by atoms with Crippen molar-refractivity contribution >= 4 is 20.9 Å². The first-order valence-electron chi connectivity index (χ1n) is 9.89. The van der Waals surface area contributed by atoms with Crippen LogP contribution in [0.15, 0.2) is 78.1 Å². The van der Waals surface area contributed by atoms with Crippen LogP contribution < -0.4 is 0 Å². The van der Waals surface area contributed by atoms with E-state index in [1.807, 2.05) is 42.5 Å². The zero-order valence-corrected chi connectivity index (χ0v) is 18.2. The van der Waals surface area contributed by atoms with Crippen LogP contribution in [0.25, 0.3) is 44.8 Å². The van der Waals surface area contributed by atoms with Crippen LogP contribution >= 0.6 is 0 Å². The Kier molecular flexibility index (Phi) is 4.67. The molecular weight excluding hydrogens is 427 g/mol. The van der Waals surface area contributed by atoms with Crippen LogP contribution in [0.2, 0.25) is 0 Å². The number of halogens is 1. The van der Waals surface area contributed by atoms with Gasteiger partial charge in [0.15, 0.2) is 0 Å². The summed E-state index contributed by atoms with van der Waals surface area (Å²) < 4.78 is 40.0. The van der Waals surface area contributed by atoms with Crippen LogP contribution in [0.3, 0.4) is 0 Å². The summed E-state index contributed by atoms with van der Waals surface area (Å²) in [6.45, 7) is 0. The van der Waals surface area contributed by atoms with Gasteiger partial charge in [0.1, 0.15) is 11.5 Å². The van der Waals surface area contributed by atoms with Crippen molar-refractivity contribution in [3.8, 4) is 33.8 Å². The van der Waals surface area contributed by atoms with Crippen molar-refractivity contribution in [3.63, 3.8) is 0 Å². The van der Waals surface area contributed by atoms with Crippen molar-refractivity contribution in [3.05, 3.63) is 78.7 Å². The van der Waals surface area contributed by atoms with Crippen LogP contribution in [0.5, 0.6) is 0 Å². The first-order chi connectivity index (χ1) is 15.3. The van der Waals surface area contributed by atoms with Crippen LogP contribution in [0, 0.1) is 5.82 Å². The van der Waals surface area contributed by atoms with E-state index in [1.165, 1.54) is 12.1 Å². The summed E-state index contributed by atoms with van der Waals surface area (Å²) in [7, 11) is -1.93. The summed E-state index contributed by atoms with van der Waals surface area (Å²) in [5, 5.41) is 0.772. The lowest BCUT2D eigenvalue weighted by Crippen LogP contribution is -2.06. The molecule has 0 fully saturated rings. The first kappa shape index (κ1) is 20.1. The molecule has 5 rings (SSSR count). The molecule has 160 valence electrons. The van der Waals surface area contributed by atoms with Gasteiger partial charge in [-0.05, 0) is 42.0 Å². The standard InChI is InChI=1S/C24H19FN4O2S/c1-29-22(21(28-24(29)32(2,30)31)16-8-10-17(25)11-9-16)18-12-13-26-23-19(18)14-20(27-23)15-6-4-3-5-7-15/h3-14H,1-2H3,(H,26,27). The number of nitrogens with one attached hydrogen (secondary N) is 1. The Morgan fingerprint density at radius 3 is 2.38 bits per heavy atom. The number of aromatic nitrogens is 4. The molecule has 0 bridgehead atoms. The van der Waals surface area contributed by atoms with Gasteiger partial charge in [0.25, 0.3) is 0 Å². The van der Waals surface area contributed by atoms with Crippen molar-refractivity contribution in [1.82, 2.24) is 19.5 Å². The van der Waals surface area contributed by atoms with Gasteiger partial charge in [0.2, 0.25) is 15.0 Å². The van der Waals surface area contributed by atoms with Crippen molar-refractivity contribution in [2.75, 3.05) is 6.26 Å². The number of hydrogen-bond acceptors (Lipinski definition) is 4. The van der Waals surface area contributed by atoms with E-state index in [2.05, 4.69) is 15.0 Å². The van der Waals surface area contributed by atoms with E-state index < -0.39 is 9.84 Å². The van der Waals surface area contributed by atoms with Crippen molar-refractivity contribution in [1.29, 1.82) is 0 Å². The molecule has 0 saturated carbocycles. The molecule has 0 amide bonds. The number of nitrogens with zero attached hydrogens (tertiary/aromatic N) is 3. The third-order valence-corrected chi connectivity index (χ3v) is 6.40. The highest BCUT2D eigenvalue weighted by atomic mass is 32.2. The normalized spacial score (nSPS) is 11.8. The molecule has 1 N–H and O–H groups in total. The lowest BCUT2D eigenvalue weighted by atomic mass is 10.0. The van der Waals surface area contributed by atoms with E-state index in [-0.39, 0.29) is 11.0 Å². The molecular formula is C24H19FN4O2S. The molecule has 0 unspecified atom stereocenters. The van der Waals surface area contributed by atoms with E-state index in [1.54, 1.807) is 29.9 Å². The maximum atomic E-state index is 13.5. The minimum absolute atomic E-state index is 0.0596. The van der Waals surface area contributed by atoms with Gasteiger partial charge in [-0.1, -0.05) is 30.3 Å². The summed E-state index contributed by atoms with van der Waals surface area (Å²) in [5.74, 6) is -0.376. The van der Waals surface area contributed by atoms with Crippen molar-refractivity contribution in [2.24, 2.45) is 7.05 Å². The molecule has 0 aliphatic heterocycles. The number of fused-ring (bicyclic) bond motifs is 1.